The van der Waals surface area contributed by atoms with Gasteiger partial charge < -0.3 is 4.74 Å². The van der Waals surface area contributed by atoms with E-state index in [0.29, 0.717) is 18.1 Å². The summed E-state index contributed by atoms with van der Waals surface area (Å²) in [6.07, 6.45) is 1.75. The molecule has 23 heavy (non-hydrogen) atoms. The first kappa shape index (κ1) is 15.2. The van der Waals surface area contributed by atoms with Gasteiger partial charge in [-0.05, 0) is 49.6 Å². The zero-order valence-corrected chi connectivity index (χ0v) is 13.5. The van der Waals surface area contributed by atoms with Crippen LogP contribution in [0.1, 0.15) is 22.4 Å². The second-order valence-corrected chi connectivity index (χ2v) is 5.49. The van der Waals surface area contributed by atoms with Crippen LogP contribution < -0.4 is 0 Å². The Bertz CT molecular complexity index is 847. The molecule has 0 aliphatic carbocycles. The Morgan fingerprint density at radius 1 is 1.22 bits per heavy atom. The van der Waals surface area contributed by atoms with Crippen molar-refractivity contribution >= 4 is 17.5 Å². The monoisotopic (exact) mass is 326 g/mol. The average Bonchev–Trinajstić information content (AvgIpc) is 3.05. The van der Waals surface area contributed by atoms with Crippen molar-refractivity contribution in [2.45, 2.75) is 13.8 Å². The van der Waals surface area contributed by atoms with Crippen molar-refractivity contribution in [1.29, 1.82) is 0 Å². The predicted molar refractivity (Wildman–Crippen MR) is 87.1 cm³/mol. The quantitative estimate of drug-likeness (QED) is 0.685. The molecule has 0 aliphatic heterocycles. The van der Waals surface area contributed by atoms with Gasteiger partial charge in [-0.1, -0.05) is 6.07 Å². The van der Waals surface area contributed by atoms with Gasteiger partial charge in [-0.2, -0.15) is 4.37 Å². The van der Waals surface area contributed by atoms with Crippen LogP contribution in [-0.2, 0) is 4.74 Å². The highest BCUT2D eigenvalue weighted by atomic mass is 32.1. The van der Waals surface area contributed by atoms with Crippen LogP contribution in [0.5, 0.6) is 0 Å². The van der Waals surface area contributed by atoms with Gasteiger partial charge in [-0.25, -0.2) is 14.8 Å². The Labute approximate surface area is 137 Å². The van der Waals surface area contributed by atoms with Gasteiger partial charge >= 0.3 is 5.97 Å². The van der Waals surface area contributed by atoms with E-state index in [9.17, 15) is 4.79 Å². The maximum atomic E-state index is 11.7. The Morgan fingerprint density at radius 2 is 2.04 bits per heavy atom. The van der Waals surface area contributed by atoms with Crippen LogP contribution in [0.15, 0.2) is 36.5 Å². The minimum absolute atomic E-state index is 0.230. The van der Waals surface area contributed by atoms with E-state index in [2.05, 4.69) is 19.3 Å². The standard InChI is InChI=1S/C16H14N4O2S/c1-3-22-16(21)15-19-14(20-23-15)13-6-4-5-12(18-13)11-7-8-17-10(2)9-11/h4-9H,3H2,1-2H3. The zero-order valence-electron chi connectivity index (χ0n) is 12.7. The van der Waals surface area contributed by atoms with Crippen LogP contribution in [0.3, 0.4) is 0 Å². The van der Waals surface area contributed by atoms with E-state index in [1.165, 1.54) is 0 Å². The molecular formula is C16H14N4O2S. The van der Waals surface area contributed by atoms with Crippen molar-refractivity contribution in [3.8, 4) is 22.8 Å². The van der Waals surface area contributed by atoms with Crippen LogP contribution in [-0.4, -0.2) is 31.9 Å². The summed E-state index contributed by atoms with van der Waals surface area (Å²) in [6.45, 7) is 3.99. The van der Waals surface area contributed by atoms with Crippen molar-refractivity contribution < 1.29 is 9.53 Å². The number of aryl methyl sites for hydroxylation is 1. The highest BCUT2D eigenvalue weighted by Crippen LogP contribution is 2.22. The molecule has 6 nitrogen and oxygen atoms in total. The number of carbonyl (C=O) groups is 1. The lowest BCUT2D eigenvalue weighted by Gasteiger charge is -2.03. The predicted octanol–water partition coefficient (Wildman–Crippen LogP) is 3.15. The van der Waals surface area contributed by atoms with Crippen LogP contribution in [0.2, 0.25) is 0 Å². The Morgan fingerprint density at radius 3 is 2.83 bits per heavy atom. The normalized spacial score (nSPS) is 10.5. The lowest BCUT2D eigenvalue weighted by atomic mass is 10.1. The maximum absolute atomic E-state index is 11.7. The highest BCUT2D eigenvalue weighted by molar-refractivity contribution is 7.07. The second kappa shape index (κ2) is 6.62. The summed E-state index contributed by atoms with van der Waals surface area (Å²) < 4.78 is 9.12. The Balaban J connectivity index is 1.93. The third kappa shape index (κ3) is 3.40. The highest BCUT2D eigenvalue weighted by Gasteiger charge is 2.15. The number of ether oxygens (including phenoxy) is 1. The summed E-state index contributed by atoms with van der Waals surface area (Å²) in [5.41, 5.74) is 3.32. The van der Waals surface area contributed by atoms with Gasteiger partial charge in [0.1, 0.15) is 5.69 Å². The van der Waals surface area contributed by atoms with Crippen molar-refractivity contribution in [2.24, 2.45) is 0 Å². The van der Waals surface area contributed by atoms with E-state index in [0.717, 1.165) is 28.5 Å². The van der Waals surface area contributed by atoms with Gasteiger partial charge in [0.2, 0.25) is 5.01 Å². The molecule has 116 valence electrons. The fourth-order valence-corrected chi connectivity index (χ4v) is 2.60. The number of hydrogen-bond acceptors (Lipinski definition) is 7. The SMILES string of the molecule is CCOC(=O)c1nc(-c2cccc(-c3ccnc(C)c3)n2)ns1. The third-order valence-electron chi connectivity index (χ3n) is 3.05. The molecule has 3 rings (SSSR count). The number of esters is 1. The summed E-state index contributed by atoms with van der Waals surface area (Å²) in [5.74, 6) is -0.0390. The molecule has 7 heteroatoms. The fraction of sp³-hybridized carbons (Fsp3) is 0.188. The number of hydrogen-bond donors (Lipinski definition) is 0. The van der Waals surface area contributed by atoms with Crippen LogP contribution in [0, 0.1) is 6.92 Å². The van der Waals surface area contributed by atoms with Gasteiger partial charge in [0.15, 0.2) is 5.82 Å². The number of rotatable bonds is 4. The third-order valence-corrected chi connectivity index (χ3v) is 3.74. The molecule has 3 aromatic heterocycles. The van der Waals surface area contributed by atoms with Gasteiger partial charge in [0.05, 0.1) is 12.3 Å². The summed E-state index contributed by atoms with van der Waals surface area (Å²) in [4.78, 5) is 24.6. The minimum atomic E-state index is -0.461. The van der Waals surface area contributed by atoms with Crippen LogP contribution in [0.4, 0.5) is 0 Å². The molecule has 0 aromatic carbocycles. The van der Waals surface area contributed by atoms with Gasteiger partial charge in [0, 0.05) is 17.5 Å². The van der Waals surface area contributed by atoms with Crippen molar-refractivity contribution in [3.05, 3.63) is 47.2 Å². The molecule has 0 saturated heterocycles. The molecule has 0 radical (unpaired) electrons. The molecule has 0 bridgehead atoms. The zero-order chi connectivity index (χ0) is 16.2. The van der Waals surface area contributed by atoms with Crippen LogP contribution >= 0.6 is 11.5 Å². The molecule has 0 saturated carbocycles. The molecule has 0 spiro atoms. The molecule has 3 heterocycles. The van der Waals surface area contributed by atoms with E-state index in [-0.39, 0.29) is 5.01 Å². The molecule has 0 fully saturated rings. The largest absolute Gasteiger partial charge is 0.461 e. The first-order valence-corrected chi connectivity index (χ1v) is 7.86. The lowest BCUT2D eigenvalue weighted by molar-refractivity contribution is 0.0526. The first-order valence-electron chi connectivity index (χ1n) is 7.08. The fourth-order valence-electron chi connectivity index (χ4n) is 2.03. The molecule has 3 aromatic rings. The number of carbonyl (C=O) groups excluding carboxylic acids is 1. The number of pyridine rings is 2. The average molecular weight is 326 g/mol. The van der Waals surface area contributed by atoms with E-state index in [1.54, 1.807) is 13.1 Å². The molecule has 0 amide bonds. The van der Waals surface area contributed by atoms with E-state index in [4.69, 9.17) is 4.74 Å². The van der Waals surface area contributed by atoms with Crippen molar-refractivity contribution in [3.63, 3.8) is 0 Å². The Kier molecular flexibility index (Phi) is 4.38. The van der Waals surface area contributed by atoms with Crippen molar-refractivity contribution in [2.75, 3.05) is 6.61 Å². The first-order chi connectivity index (χ1) is 11.2. The van der Waals surface area contributed by atoms with E-state index >= 15 is 0 Å². The van der Waals surface area contributed by atoms with E-state index in [1.807, 2.05) is 37.3 Å². The molecular weight excluding hydrogens is 312 g/mol. The molecule has 0 aliphatic rings. The molecule has 0 unspecified atom stereocenters. The maximum Gasteiger partial charge on any atom is 0.369 e. The number of aromatic nitrogens is 4. The topological polar surface area (TPSA) is 77.9 Å². The minimum Gasteiger partial charge on any atom is -0.461 e. The number of nitrogens with zero attached hydrogens (tertiary/aromatic N) is 4. The van der Waals surface area contributed by atoms with Gasteiger partial charge in [-0.15, -0.1) is 0 Å². The molecule has 0 N–H and O–H groups in total. The summed E-state index contributed by atoms with van der Waals surface area (Å²) in [6, 6.07) is 9.48. The van der Waals surface area contributed by atoms with Crippen LogP contribution in [0.25, 0.3) is 22.8 Å². The summed E-state index contributed by atoms with van der Waals surface area (Å²) >= 11 is 1.01. The van der Waals surface area contributed by atoms with Gasteiger partial charge in [-0.3, -0.25) is 4.98 Å². The van der Waals surface area contributed by atoms with E-state index < -0.39 is 5.97 Å². The molecule has 0 atom stereocenters. The summed E-state index contributed by atoms with van der Waals surface area (Å²) in [7, 11) is 0. The second-order valence-electron chi connectivity index (χ2n) is 4.74. The van der Waals surface area contributed by atoms with Gasteiger partial charge in [0.25, 0.3) is 0 Å². The smallest absolute Gasteiger partial charge is 0.369 e. The van der Waals surface area contributed by atoms with Crippen molar-refractivity contribution in [1.82, 2.24) is 19.3 Å². The lowest BCUT2D eigenvalue weighted by Crippen LogP contribution is -2.03. The summed E-state index contributed by atoms with van der Waals surface area (Å²) in [5, 5.41) is 0.230. The Hall–Kier alpha value is -2.67.